The van der Waals surface area contributed by atoms with Crippen LogP contribution in [0.3, 0.4) is 0 Å². The molecule has 0 fully saturated rings. The molecule has 2 aliphatic rings. The van der Waals surface area contributed by atoms with Crippen LogP contribution < -0.4 is 93.1 Å². The van der Waals surface area contributed by atoms with Crippen LogP contribution >= 0.6 is 0 Å². The molecule has 39 heteroatoms. The SMILES string of the molecule is CC[C@@]1(OC(=O)CCC(=O)NCCOCCOCC(=O)N[C@H](CCCCN)C(=O)N[C@H](CCCCN)C(=O)N[C@H](Cc2c[nH]c3ccccc23)C(=O)N[C@H](Cc2c[nH]c3ccccc23)C(=O)N[C@H](CCCCN)C(=O)N[C@H](CCCCN)C(=O)N[C@H](Cc2c[nH]c3ccccc23)C(=O)N[C@@H](C(=O)N[C@H](CCCCN)C(N)=O)C(c2ccccc2)c2ccccc2)C(=O)OCc2c1cc1n(c2=O)Cc2cc3ccccc3nc2-1. The number of H-pyrrole nitrogens is 3. The Bertz CT molecular complexity index is 6430. The number of hydrogen-bond donors (Lipinski definition) is 19. The predicted molar refractivity (Wildman–Crippen MR) is 554 cm³/mol. The fourth-order valence-corrected chi connectivity index (χ4v) is 18.9. The van der Waals surface area contributed by atoms with E-state index in [4.69, 9.17) is 58.3 Å². The van der Waals surface area contributed by atoms with Crippen molar-refractivity contribution in [3.05, 3.63) is 243 Å². The third-order valence-corrected chi connectivity index (χ3v) is 26.8. The van der Waals surface area contributed by atoms with Crippen LogP contribution in [0, 0.1) is 0 Å². The zero-order valence-corrected chi connectivity index (χ0v) is 82.7. The predicted octanol–water partition coefficient (Wildman–Crippen LogP) is 5.06. The Kier molecular flexibility index (Phi) is 40.4. The van der Waals surface area contributed by atoms with Gasteiger partial charge in [-0.15, -0.1) is 0 Å². The first-order valence-electron chi connectivity index (χ1n) is 50.6. The molecule has 0 aliphatic carbocycles. The van der Waals surface area contributed by atoms with E-state index < -0.39 is 161 Å². The minimum atomic E-state index is -1.96. The van der Waals surface area contributed by atoms with Gasteiger partial charge in [-0.05, 0) is 200 Å². The summed E-state index contributed by atoms with van der Waals surface area (Å²) in [6.45, 7) is 2.13. The zero-order valence-electron chi connectivity index (χ0n) is 82.7. The van der Waals surface area contributed by atoms with Gasteiger partial charge in [0.25, 0.3) is 5.56 Å². The molecule has 0 radical (unpaired) electrons. The number of fused-ring (bicyclic) bond motifs is 8. The van der Waals surface area contributed by atoms with Crippen molar-refractivity contribution in [2.45, 2.75) is 221 Å². The largest absolute Gasteiger partial charge is 0.457 e. The Morgan fingerprint density at radius 2 is 0.850 bits per heavy atom. The molecule has 0 unspecified atom stereocenters. The number of carbonyl (C=O) groups excluding carboxylic acids is 13. The van der Waals surface area contributed by atoms with Crippen molar-refractivity contribution in [1.29, 1.82) is 0 Å². The van der Waals surface area contributed by atoms with E-state index in [9.17, 15) is 33.6 Å². The number of primary amides is 1. The van der Waals surface area contributed by atoms with Crippen molar-refractivity contribution in [1.82, 2.24) is 77.7 Å². The quantitative estimate of drug-likeness (QED) is 0.0175. The lowest BCUT2D eigenvalue weighted by Gasteiger charge is -2.35. The molecular weight excluding hydrogens is 1880 g/mol. The number of nitrogens with one attached hydrogen (secondary N) is 13. The van der Waals surface area contributed by atoms with Gasteiger partial charge in [-0.25, -0.2) is 9.78 Å². The number of aromatic nitrogens is 5. The van der Waals surface area contributed by atoms with Crippen molar-refractivity contribution in [2.75, 3.05) is 65.7 Å². The summed E-state index contributed by atoms with van der Waals surface area (Å²) in [4.78, 5) is 220. The fourth-order valence-electron chi connectivity index (χ4n) is 18.9. The van der Waals surface area contributed by atoms with Gasteiger partial charge in [0, 0.05) is 106 Å². The molecule has 0 bridgehead atoms. The first kappa shape index (κ1) is 109. The average Bonchev–Trinajstić information content (AvgIpc) is 1.68. The number of cyclic esters (lactones) is 1. The summed E-state index contributed by atoms with van der Waals surface area (Å²) < 4.78 is 24.3. The highest BCUT2D eigenvalue weighted by Crippen LogP contribution is 2.42. The van der Waals surface area contributed by atoms with Gasteiger partial charge in [0.05, 0.1) is 55.3 Å². The molecule has 147 heavy (non-hydrogen) atoms. The smallest absolute Gasteiger partial charge is 0.355 e. The number of rotatable bonds is 60. The van der Waals surface area contributed by atoms with Crippen LogP contribution in [0.15, 0.2) is 193 Å². The Morgan fingerprint density at radius 3 is 1.31 bits per heavy atom. The topological polar surface area (TPSA) is 618 Å². The highest BCUT2D eigenvalue weighted by molar-refractivity contribution is 6.01. The lowest BCUT2D eigenvalue weighted by atomic mass is 9.84. The van der Waals surface area contributed by atoms with E-state index in [1.807, 2.05) is 140 Å². The van der Waals surface area contributed by atoms with Gasteiger partial charge in [-0.1, -0.05) is 140 Å². The Labute approximate surface area is 850 Å². The number of para-hydroxylation sites is 4. The number of nitrogens with zero attached hydrogens (tertiary/aromatic N) is 2. The molecule has 7 heterocycles. The number of carbonyl (C=O) groups is 13. The molecule has 10 atom stereocenters. The lowest BCUT2D eigenvalue weighted by Crippen LogP contribution is -2.61. The summed E-state index contributed by atoms with van der Waals surface area (Å²) in [5, 5.41) is 31.8. The van der Waals surface area contributed by atoms with Gasteiger partial charge in [-0.3, -0.25) is 62.3 Å². The third kappa shape index (κ3) is 29.1. The van der Waals surface area contributed by atoms with Gasteiger partial charge in [0.1, 0.15) is 67.6 Å². The van der Waals surface area contributed by atoms with Gasteiger partial charge < -0.3 is 126 Å². The number of benzene rings is 6. The third-order valence-electron chi connectivity index (χ3n) is 26.8. The molecule has 13 rings (SSSR count). The number of nitrogens with two attached hydrogens (primary N) is 6. The minimum absolute atomic E-state index is 0.00163. The molecule has 6 aromatic carbocycles. The summed E-state index contributed by atoms with van der Waals surface area (Å²) in [5.41, 5.74) is 41.6. The molecule has 0 spiro atoms. The van der Waals surface area contributed by atoms with Crippen LogP contribution in [0.2, 0.25) is 0 Å². The molecular formula is C108H135N21O18. The van der Waals surface area contributed by atoms with Crippen LogP contribution in [0.1, 0.15) is 173 Å². The summed E-state index contributed by atoms with van der Waals surface area (Å²) in [7, 11) is 0. The van der Waals surface area contributed by atoms with Crippen LogP contribution in [0.4, 0.5) is 0 Å². The molecule has 0 saturated carbocycles. The molecule has 11 aromatic rings. The van der Waals surface area contributed by atoms with Crippen molar-refractivity contribution < 1.29 is 81.3 Å². The number of amides is 11. The first-order valence-corrected chi connectivity index (χ1v) is 50.6. The Morgan fingerprint density at radius 1 is 0.442 bits per heavy atom. The maximum Gasteiger partial charge on any atom is 0.355 e. The molecule has 5 aromatic heterocycles. The van der Waals surface area contributed by atoms with Gasteiger partial charge >= 0.3 is 11.9 Å². The van der Waals surface area contributed by atoms with Gasteiger partial charge in [-0.2, -0.15) is 0 Å². The Balaban J connectivity index is 0.675. The van der Waals surface area contributed by atoms with Crippen molar-refractivity contribution >= 4 is 121 Å². The van der Waals surface area contributed by atoms with Crippen molar-refractivity contribution in [3.63, 3.8) is 0 Å². The van der Waals surface area contributed by atoms with Crippen LogP contribution in [0.25, 0.3) is 55.0 Å². The number of hydrogen-bond acceptors (Lipinski definition) is 24. The van der Waals surface area contributed by atoms with Gasteiger partial charge in [0.15, 0.2) is 0 Å². The number of aromatic amines is 3. The molecule has 39 nitrogen and oxygen atoms in total. The van der Waals surface area contributed by atoms with Crippen molar-refractivity contribution in [2.24, 2.45) is 34.4 Å². The second-order valence-corrected chi connectivity index (χ2v) is 37.1. The van der Waals surface area contributed by atoms with E-state index in [1.54, 1.807) is 60.4 Å². The highest BCUT2D eigenvalue weighted by atomic mass is 16.6. The Hall–Kier alpha value is -14.9. The number of ether oxygens (including phenoxy) is 4. The highest BCUT2D eigenvalue weighted by Gasteiger charge is 2.51. The van der Waals surface area contributed by atoms with E-state index in [0.717, 1.165) is 21.9 Å². The maximum atomic E-state index is 15.8. The second-order valence-electron chi connectivity index (χ2n) is 37.1. The van der Waals surface area contributed by atoms with Crippen LogP contribution in [-0.2, 0) is 119 Å². The standard InChI is InChI=1S/C108H135N21O18/c1-2-108(77-59-90-95-72(55-68-31-9-13-35-78(68)120-95)63-129(90)106(142)76(77)64-146-107(108)143)147-93(132)45-44-91(130)115-51-52-144-53-54-145-65-92(131)119-83(40-18-23-47-110)98(134)122-85(42-20-25-49-112)100(136)125-88(57-70-61-117-80-37-15-11-33-74(70)80)103(139)127-87(56-69-60-116-79-36-14-10-32-73(69)79)102(138)124-84(41-19-24-48-111)99(135)123-86(43-21-26-50-113)101(137)126-89(58-71-62-118-81-38-16-12-34-75(71)81)104(140)128-96(105(141)121-82(97(114)133)39-17-22-46-109)94(66-27-5-3-6-28-66)67-29-7-4-8-30-67/h3-16,27-38,55,59-62,82-89,94,96,116-118H,2,17-26,39-54,56-58,63-65,109-113H2,1H3,(H2,114,133)(H,115,130)(H,119,131)(H,121,141)(H,122,134)(H,123,135)(H,124,138)(H,125,136)(H,126,137)(H,127,139)(H,128,140)/t82-,83-,84-,85-,86-,87-,88-,89-,96-,108+/m1/s1. The molecule has 2 aliphatic heterocycles. The summed E-state index contributed by atoms with van der Waals surface area (Å²) in [5.74, 6) is -11.1. The monoisotopic (exact) mass is 2010 g/mol. The lowest BCUT2D eigenvalue weighted by molar-refractivity contribution is -0.189. The molecule has 780 valence electrons. The maximum absolute atomic E-state index is 15.8. The molecule has 11 amide bonds. The molecule has 25 N–H and O–H groups in total. The second kappa shape index (κ2) is 54.3. The first-order chi connectivity index (χ1) is 71.3. The van der Waals surface area contributed by atoms with E-state index in [1.165, 1.54) is 0 Å². The summed E-state index contributed by atoms with van der Waals surface area (Å²) >= 11 is 0. The van der Waals surface area contributed by atoms with E-state index in [0.29, 0.717) is 124 Å². The van der Waals surface area contributed by atoms with Crippen LogP contribution in [-0.4, -0.2) is 221 Å². The van der Waals surface area contributed by atoms with E-state index in [-0.39, 0.29) is 154 Å². The van der Waals surface area contributed by atoms with Crippen LogP contribution in [0.5, 0.6) is 0 Å². The van der Waals surface area contributed by atoms with E-state index >= 15 is 33.6 Å². The summed E-state index contributed by atoms with van der Waals surface area (Å²) in [6.07, 6.45) is 7.86. The number of pyridine rings is 2. The number of unbranched alkanes of at least 4 members (excludes halogenated alkanes) is 5. The molecule has 0 saturated heterocycles. The normalized spacial score (nSPS) is 14.9. The zero-order chi connectivity index (χ0) is 104. The van der Waals surface area contributed by atoms with E-state index in [2.05, 4.69) is 68.1 Å². The average molecular weight is 2020 g/mol. The van der Waals surface area contributed by atoms with Crippen molar-refractivity contribution in [3.8, 4) is 11.4 Å². The fraction of sp³-hybridized carbons (Fsp3) is 0.417. The van der Waals surface area contributed by atoms with Gasteiger partial charge in [0.2, 0.25) is 70.6 Å². The minimum Gasteiger partial charge on any atom is -0.457 e. The summed E-state index contributed by atoms with van der Waals surface area (Å²) in [6, 6.07) is 38.6. The number of esters is 2.